The first-order valence-corrected chi connectivity index (χ1v) is 8.57. The molecule has 2 fully saturated rings. The number of benzene rings is 1. The zero-order chi connectivity index (χ0) is 16.2. The van der Waals surface area contributed by atoms with E-state index in [4.69, 9.17) is 4.74 Å². The lowest BCUT2D eigenvalue weighted by Crippen LogP contribution is -2.28. The van der Waals surface area contributed by atoms with E-state index in [1.165, 1.54) is 12.0 Å². The van der Waals surface area contributed by atoms with Gasteiger partial charge in [-0.3, -0.25) is 9.59 Å². The van der Waals surface area contributed by atoms with Crippen LogP contribution < -0.4 is 0 Å². The quantitative estimate of drug-likeness (QED) is 0.727. The molecule has 1 saturated heterocycles. The number of ketones is 1. The Hall–Kier alpha value is -1.68. The minimum Gasteiger partial charge on any atom is -0.383 e. The molecule has 3 rings (SSSR count). The normalized spacial score (nSPS) is 21.5. The van der Waals surface area contributed by atoms with Crippen molar-refractivity contribution in [3.05, 3.63) is 35.4 Å². The molecule has 23 heavy (non-hydrogen) atoms. The zero-order valence-electron chi connectivity index (χ0n) is 13.8. The van der Waals surface area contributed by atoms with Crippen LogP contribution in [-0.4, -0.2) is 43.4 Å². The Bertz CT molecular complexity index is 562. The van der Waals surface area contributed by atoms with Gasteiger partial charge in [0.25, 0.3) is 0 Å². The van der Waals surface area contributed by atoms with Gasteiger partial charge in [0, 0.05) is 38.1 Å². The highest BCUT2D eigenvalue weighted by atomic mass is 16.5. The first-order chi connectivity index (χ1) is 11.2. The summed E-state index contributed by atoms with van der Waals surface area (Å²) in [5, 5.41) is 0. The van der Waals surface area contributed by atoms with Crippen molar-refractivity contribution in [3.8, 4) is 0 Å². The molecule has 0 aromatic heterocycles. The largest absolute Gasteiger partial charge is 0.383 e. The number of hydrogen-bond acceptors (Lipinski definition) is 3. The fraction of sp³-hybridized carbons (Fsp3) is 0.579. The van der Waals surface area contributed by atoms with Crippen LogP contribution in [0.5, 0.6) is 0 Å². The fourth-order valence-corrected chi connectivity index (χ4v) is 3.45. The van der Waals surface area contributed by atoms with E-state index in [0.717, 1.165) is 31.4 Å². The molecular formula is C19H25NO3. The van der Waals surface area contributed by atoms with Gasteiger partial charge in [0.2, 0.25) is 5.91 Å². The fourth-order valence-electron chi connectivity index (χ4n) is 3.45. The molecule has 1 aromatic rings. The molecule has 4 heteroatoms. The monoisotopic (exact) mass is 315 g/mol. The summed E-state index contributed by atoms with van der Waals surface area (Å²) in [6.07, 6.45) is 4.79. The second-order valence-electron chi connectivity index (χ2n) is 6.80. The molecule has 1 atom stereocenters. The molecule has 1 aromatic carbocycles. The Labute approximate surface area is 137 Å². The standard InChI is InChI=1S/C19H25NO3/c1-23-10-9-20-13-15(12-18(20)21)11-14-5-7-17(8-6-14)19(22)16-3-2-4-16/h5-8,15-16H,2-4,9-13H2,1H3. The van der Waals surface area contributed by atoms with E-state index in [1.807, 2.05) is 29.2 Å². The van der Waals surface area contributed by atoms with Gasteiger partial charge in [-0.15, -0.1) is 0 Å². The van der Waals surface area contributed by atoms with E-state index >= 15 is 0 Å². The summed E-state index contributed by atoms with van der Waals surface area (Å²) < 4.78 is 5.05. The Kier molecular flexibility index (Phi) is 5.11. The Morgan fingerprint density at radius 3 is 2.61 bits per heavy atom. The van der Waals surface area contributed by atoms with Gasteiger partial charge in [-0.1, -0.05) is 30.7 Å². The van der Waals surface area contributed by atoms with E-state index in [9.17, 15) is 9.59 Å². The van der Waals surface area contributed by atoms with Crippen LogP contribution in [0.3, 0.4) is 0 Å². The predicted molar refractivity (Wildman–Crippen MR) is 88.4 cm³/mol. The molecule has 2 aliphatic rings. The van der Waals surface area contributed by atoms with Gasteiger partial charge in [0.15, 0.2) is 5.78 Å². The summed E-state index contributed by atoms with van der Waals surface area (Å²) in [5.74, 6) is 1.14. The van der Waals surface area contributed by atoms with Crippen LogP contribution in [0.2, 0.25) is 0 Å². The third kappa shape index (κ3) is 3.81. The number of amides is 1. The minimum atomic E-state index is 0.226. The van der Waals surface area contributed by atoms with Crippen LogP contribution in [0.1, 0.15) is 41.6 Å². The molecule has 1 aliphatic heterocycles. The van der Waals surface area contributed by atoms with Gasteiger partial charge in [0.1, 0.15) is 0 Å². The lowest BCUT2D eigenvalue weighted by atomic mass is 9.80. The van der Waals surface area contributed by atoms with Crippen molar-refractivity contribution in [2.75, 3.05) is 26.8 Å². The lowest BCUT2D eigenvalue weighted by molar-refractivity contribution is -0.128. The van der Waals surface area contributed by atoms with Gasteiger partial charge in [0.05, 0.1) is 6.61 Å². The van der Waals surface area contributed by atoms with Crippen LogP contribution in [0.15, 0.2) is 24.3 Å². The summed E-state index contributed by atoms with van der Waals surface area (Å²) in [5.41, 5.74) is 2.05. The number of carbonyl (C=O) groups is 2. The van der Waals surface area contributed by atoms with Crippen molar-refractivity contribution in [1.82, 2.24) is 4.90 Å². The van der Waals surface area contributed by atoms with Crippen molar-refractivity contribution in [2.45, 2.75) is 32.1 Å². The zero-order valence-corrected chi connectivity index (χ0v) is 13.8. The molecule has 124 valence electrons. The highest BCUT2D eigenvalue weighted by Gasteiger charge is 2.29. The topological polar surface area (TPSA) is 46.6 Å². The number of nitrogens with zero attached hydrogens (tertiary/aromatic N) is 1. The second kappa shape index (κ2) is 7.26. The first-order valence-electron chi connectivity index (χ1n) is 8.57. The highest BCUT2D eigenvalue weighted by Crippen LogP contribution is 2.30. The average Bonchev–Trinajstić information content (AvgIpc) is 2.83. The van der Waals surface area contributed by atoms with Gasteiger partial charge in [-0.2, -0.15) is 0 Å². The van der Waals surface area contributed by atoms with Gasteiger partial charge in [-0.25, -0.2) is 0 Å². The highest BCUT2D eigenvalue weighted by molar-refractivity contribution is 5.98. The third-order valence-electron chi connectivity index (χ3n) is 5.10. The molecule has 0 spiro atoms. The van der Waals surface area contributed by atoms with E-state index in [-0.39, 0.29) is 11.8 Å². The number of likely N-dealkylation sites (tertiary alicyclic amines) is 1. The smallest absolute Gasteiger partial charge is 0.223 e. The number of ether oxygens (including phenoxy) is 1. The number of Topliss-reactive ketones (excluding diaryl/α,β-unsaturated/α-hetero) is 1. The Morgan fingerprint density at radius 1 is 1.26 bits per heavy atom. The predicted octanol–water partition coefficient (Wildman–Crippen LogP) is 2.71. The summed E-state index contributed by atoms with van der Waals surface area (Å²) in [7, 11) is 1.66. The molecule has 0 N–H and O–H groups in total. The lowest BCUT2D eigenvalue weighted by Gasteiger charge is -2.23. The number of carbonyl (C=O) groups excluding carboxylic acids is 2. The van der Waals surface area contributed by atoms with Gasteiger partial charge < -0.3 is 9.64 Å². The van der Waals surface area contributed by atoms with Crippen LogP contribution in [0.4, 0.5) is 0 Å². The Morgan fingerprint density at radius 2 is 2.00 bits per heavy atom. The van der Waals surface area contributed by atoms with E-state index in [1.54, 1.807) is 7.11 Å². The Balaban J connectivity index is 1.54. The summed E-state index contributed by atoms with van der Waals surface area (Å²) in [4.78, 5) is 26.1. The number of rotatable bonds is 7. The molecule has 0 radical (unpaired) electrons. The summed E-state index contributed by atoms with van der Waals surface area (Å²) in [6, 6.07) is 8.01. The van der Waals surface area contributed by atoms with Gasteiger partial charge >= 0.3 is 0 Å². The molecule has 1 amide bonds. The molecule has 4 nitrogen and oxygen atoms in total. The van der Waals surface area contributed by atoms with E-state index < -0.39 is 0 Å². The number of hydrogen-bond donors (Lipinski definition) is 0. The molecule has 1 unspecified atom stereocenters. The maximum Gasteiger partial charge on any atom is 0.223 e. The SMILES string of the molecule is COCCN1CC(Cc2ccc(C(=O)C3CCC3)cc2)CC1=O. The maximum absolute atomic E-state index is 12.2. The minimum absolute atomic E-state index is 0.226. The maximum atomic E-state index is 12.2. The summed E-state index contributed by atoms with van der Waals surface area (Å²) >= 11 is 0. The van der Waals surface area contributed by atoms with Crippen LogP contribution in [-0.2, 0) is 16.0 Å². The van der Waals surface area contributed by atoms with Crippen LogP contribution in [0.25, 0.3) is 0 Å². The molecular weight excluding hydrogens is 290 g/mol. The number of methoxy groups -OCH3 is 1. The van der Waals surface area contributed by atoms with Crippen molar-refractivity contribution >= 4 is 11.7 Å². The average molecular weight is 315 g/mol. The first kappa shape index (κ1) is 16.2. The van der Waals surface area contributed by atoms with Crippen LogP contribution in [0, 0.1) is 11.8 Å². The molecule has 1 heterocycles. The van der Waals surface area contributed by atoms with E-state index in [0.29, 0.717) is 31.3 Å². The van der Waals surface area contributed by atoms with Gasteiger partial charge in [-0.05, 0) is 30.7 Å². The van der Waals surface area contributed by atoms with Crippen molar-refractivity contribution < 1.29 is 14.3 Å². The van der Waals surface area contributed by atoms with Crippen LogP contribution >= 0.6 is 0 Å². The third-order valence-corrected chi connectivity index (χ3v) is 5.10. The molecule has 1 aliphatic carbocycles. The van der Waals surface area contributed by atoms with Crippen molar-refractivity contribution in [1.29, 1.82) is 0 Å². The second-order valence-corrected chi connectivity index (χ2v) is 6.80. The van der Waals surface area contributed by atoms with E-state index in [2.05, 4.69) is 0 Å². The molecule has 0 bridgehead atoms. The van der Waals surface area contributed by atoms with Crippen molar-refractivity contribution in [2.24, 2.45) is 11.8 Å². The summed E-state index contributed by atoms with van der Waals surface area (Å²) in [6.45, 7) is 2.09. The molecule has 1 saturated carbocycles. The van der Waals surface area contributed by atoms with Crippen molar-refractivity contribution in [3.63, 3.8) is 0 Å².